The summed E-state index contributed by atoms with van der Waals surface area (Å²) in [7, 11) is 0. The van der Waals surface area contributed by atoms with Crippen LogP contribution in [-0.4, -0.2) is 76.9 Å². The molecule has 0 aliphatic heterocycles. The SMILES string of the molecule is C=CCN(CC=C)N(NC1CCCCC1)C(=O)C(N)(N(CC)CC)N(CCCC)CCCC. The highest BCUT2D eigenvalue weighted by molar-refractivity contribution is 5.84. The monoisotopic (exact) mass is 464 g/mol. The summed E-state index contributed by atoms with van der Waals surface area (Å²) >= 11 is 0. The van der Waals surface area contributed by atoms with Crippen molar-refractivity contribution < 1.29 is 4.79 Å². The van der Waals surface area contributed by atoms with Crippen molar-refractivity contribution in [2.24, 2.45) is 5.73 Å². The highest BCUT2D eigenvalue weighted by Crippen LogP contribution is 2.23. The van der Waals surface area contributed by atoms with Crippen LogP contribution in [0, 0.1) is 0 Å². The summed E-state index contributed by atoms with van der Waals surface area (Å²) < 4.78 is 0. The Morgan fingerprint density at radius 1 is 0.939 bits per heavy atom. The van der Waals surface area contributed by atoms with Crippen LogP contribution >= 0.6 is 0 Å². The fourth-order valence-corrected chi connectivity index (χ4v) is 4.69. The number of hydrazine groups is 2. The summed E-state index contributed by atoms with van der Waals surface area (Å²) in [5, 5.41) is 3.68. The van der Waals surface area contributed by atoms with Gasteiger partial charge in [-0.25, -0.2) is 5.43 Å². The van der Waals surface area contributed by atoms with Crippen LogP contribution < -0.4 is 11.2 Å². The van der Waals surface area contributed by atoms with E-state index in [9.17, 15) is 4.79 Å². The zero-order chi connectivity index (χ0) is 24.7. The molecule has 7 heteroatoms. The Hall–Kier alpha value is -1.25. The topological polar surface area (TPSA) is 68.1 Å². The van der Waals surface area contributed by atoms with Gasteiger partial charge in [0.25, 0.3) is 0 Å². The molecule has 1 aliphatic carbocycles. The van der Waals surface area contributed by atoms with Crippen LogP contribution in [-0.2, 0) is 4.79 Å². The van der Waals surface area contributed by atoms with E-state index in [1.807, 2.05) is 17.2 Å². The number of hydrogen-bond acceptors (Lipinski definition) is 6. The first-order valence-electron chi connectivity index (χ1n) is 13.3. The summed E-state index contributed by atoms with van der Waals surface area (Å²) in [6.45, 7) is 20.5. The van der Waals surface area contributed by atoms with Crippen LogP contribution in [0.5, 0.6) is 0 Å². The third-order valence-electron chi connectivity index (χ3n) is 6.67. The Kier molecular flexibility index (Phi) is 14.8. The van der Waals surface area contributed by atoms with Gasteiger partial charge in [0, 0.05) is 32.2 Å². The number of nitrogens with one attached hydrogen (secondary N) is 1. The van der Waals surface area contributed by atoms with Crippen molar-refractivity contribution in [1.29, 1.82) is 0 Å². The van der Waals surface area contributed by atoms with Gasteiger partial charge in [-0.15, -0.1) is 13.2 Å². The fraction of sp³-hybridized carbons (Fsp3) is 0.808. The number of carbonyl (C=O) groups excluding carboxylic acids is 1. The molecule has 0 aromatic rings. The Morgan fingerprint density at radius 2 is 1.45 bits per heavy atom. The molecule has 0 spiro atoms. The molecule has 1 rings (SSSR count). The van der Waals surface area contributed by atoms with E-state index < -0.39 is 5.79 Å². The summed E-state index contributed by atoms with van der Waals surface area (Å²) in [5.74, 6) is -1.34. The number of likely N-dealkylation sites (N-methyl/N-ethyl adjacent to an activating group) is 1. The van der Waals surface area contributed by atoms with Gasteiger partial charge in [-0.05, 0) is 38.8 Å². The van der Waals surface area contributed by atoms with Gasteiger partial charge in [0.1, 0.15) is 0 Å². The number of carbonyl (C=O) groups is 1. The Morgan fingerprint density at radius 3 is 1.88 bits per heavy atom. The maximum atomic E-state index is 14.5. The number of amides is 1. The highest BCUT2D eigenvalue weighted by Gasteiger charge is 2.48. The van der Waals surface area contributed by atoms with E-state index in [0.717, 1.165) is 51.6 Å². The molecule has 1 fully saturated rings. The number of hydrogen-bond donors (Lipinski definition) is 2. The molecular weight excluding hydrogens is 412 g/mol. The van der Waals surface area contributed by atoms with Crippen LogP contribution in [0.15, 0.2) is 25.3 Å². The van der Waals surface area contributed by atoms with Gasteiger partial charge < -0.3 is 0 Å². The number of rotatable bonds is 18. The number of nitrogens with zero attached hydrogens (tertiary/aromatic N) is 4. The standard InChI is InChI=1S/C26H52N6O/c1-7-13-22-30(23-14-8-2)26(27,29(11-5)12-6)25(33)32(31(20-9-3)21-10-4)28-24-18-16-15-17-19-24/h9-10,24,28H,3-4,7-8,11-23,27H2,1-2,5-6H3. The van der Waals surface area contributed by atoms with Gasteiger partial charge >= 0.3 is 5.91 Å². The molecule has 0 aromatic heterocycles. The summed E-state index contributed by atoms with van der Waals surface area (Å²) in [6, 6.07) is 0.264. The molecule has 0 saturated heterocycles. The van der Waals surface area contributed by atoms with Gasteiger partial charge in [0.05, 0.1) is 0 Å². The third-order valence-corrected chi connectivity index (χ3v) is 6.67. The van der Waals surface area contributed by atoms with Crippen molar-refractivity contribution in [2.45, 2.75) is 97.3 Å². The van der Waals surface area contributed by atoms with Crippen molar-refractivity contribution in [3.05, 3.63) is 25.3 Å². The van der Waals surface area contributed by atoms with E-state index >= 15 is 0 Å². The third kappa shape index (κ3) is 8.48. The van der Waals surface area contributed by atoms with Crippen molar-refractivity contribution in [1.82, 2.24) is 25.4 Å². The van der Waals surface area contributed by atoms with Crippen molar-refractivity contribution >= 4 is 5.91 Å². The van der Waals surface area contributed by atoms with Gasteiger partial charge in [-0.3, -0.25) is 20.3 Å². The fourth-order valence-electron chi connectivity index (χ4n) is 4.69. The quantitative estimate of drug-likeness (QED) is 0.181. The predicted octanol–water partition coefficient (Wildman–Crippen LogP) is 4.10. The lowest BCUT2D eigenvalue weighted by Gasteiger charge is -2.50. The van der Waals surface area contributed by atoms with Crippen molar-refractivity contribution in [2.75, 3.05) is 39.3 Å². The number of unbranched alkanes of at least 4 members (excludes halogenated alkanes) is 2. The predicted molar refractivity (Wildman–Crippen MR) is 140 cm³/mol. The lowest BCUT2D eigenvalue weighted by molar-refractivity contribution is -0.187. The summed E-state index contributed by atoms with van der Waals surface area (Å²) in [4.78, 5) is 18.8. The first-order chi connectivity index (χ1) is 15.9. The van der Waals surface area contributed by atoms with Crippen LogP contribution in [0.2, 0.25) is 0 Å². The minimum atomic E-state index is -1.23. The second kappa shape index (κ2) is 16.4. The summed E-state index contributed by atoms with van der Waals surface area (Å²) in [6.07, 6.45) is 13.6. The molecule has 0 radical (unpaired) electrons. The first-order valence-corrected chi connectivity index (χ1v) is 13.3. The van der Waals surface area contributed by atoms with Gasteiger partial charge in [-0.1, -0.05) is 72.0 Å². The second-order valence-electron chi connectivity index (χ2n) is 9.12. The van der Waals surface area contributed by atoms with Crippen molar-refractivity contribution in [3.63, 3.8) is 0 Å². The molecular formula is C26H52N6O. The maximum absolute atomic E-state index is 14.5. The Balaban J connectivity index is 3.45. The van der Waals surface area contributed by atoms with Crippen LogP contribution in [0.1, 0.15) is 85.5 Å². The molecule has 3 N–H and O–H groups in total. The largest absolute Gasteiger partial charge is 0.302 e. The molecule has 1 amide bonds. The minimum Gasteiger partial charge on any atom is -0.292 e. The lowest BCUT2D eigenvalue weighted by atomic mass is 9.96. The second-order valence-corrected chi connectivity index (χ2v) is 9.12. The molecule has 7 nitrogen and oxygen atoms in total. The van der Waals surface area contributed by atoms with Gasteiger partial charge in [-0.2, -0.15) is 10.1 Å². The molecule has 0 bridgehead atoms. The van der Waals surface area contributed by atoms with E-state index in [2.05, 4.69) is 56.1 Å². The lowest BCUT2D eigenvalue weighted by Crippen LogP contribution is -2.77. The average molecular weight is 465 g/mol. The first kappa shape index (κ1) is 29.8. The molecule has 1 saturated carbocycles. The van der Waals surface area contributed by atoms with Gasteiger partial charge in [0.15, 0.2) is 0 Å². The van der Waals surface area contributed by atoms with Crippen LogP contribution in [0.4, 0.5) is 0 Å². The van der Waals surface area contributed by atoms with Crippen molar-refractivity contribution in [3.8, 4) is 0 Å². The van der Waals surface area contributed by atoms with E-state index in [-0.39, 0.29) is 11.9 Å². The Labute approximate surface area is 204 Å². The Bertz CT molecular complexity index is 543. The van der Waals surface area contributed by atoms with Crippen LogP contribution in [0.3, 0.4) is 0 Å². The molecule has 192 valence electrons. The van der Waals surface area contributed by atoms with E-state index in [4.69, 9.17) is 5.73 Å². The van der Waals surface area contributed by atoms with Gasteiger partial charge in [0.2, 0.25) is 5.79 Å². The molecule has 0 heterocycles. The molecule has 1 unspecified atom stereocenters. The van der Waals surface area contributed by atoms with E-state index in [0.29, 0.717) is 26.2 Å². The smallest absolute Gasteiger partial charge is 0.292 e. The molecule has 1 atom stereocenters. The summed E-state index contributed by atoms with van der Waals surface area (Å²) in [5.41, 5.74) is 10.8. The van der Waals surface area contributed by atoms with E-state index in [1.165, 1.54) is 19.3 Å². The molecule has 33 heavy (non-hydrogen) atoms. The van der Waals surface area contributed by atoms with Crippen LogP contribution in [0.25, 0.3) is 0 Å². The zero-order valence-corrected chi connectivity index (χ0v) is 22.0. The maximum Gasteiger partial charge on any atom is 0.302 e. The average Bonchev–Trinajstić information content (AvgIpc) is 2.83. The zero-order valence-electron chi connectivity index (χ0n) is 22.0. The highest BCUT2D eigenvalue weighted by atomic mass is 16.2. The minimum absolute atomic E-state index is 0.118. The molecule has 0 aromatic carbocycles. The van der Waals surface area contributed by atoms with E-state index in [1.54, 1.807) is 5.12 Å². The molecule has 1 aliphatic rings. The number of nitrogens with two attached hydrogens (primary N) is 1. The normalized spacial score (nSPS) is 16.8.